The molecule has 0 fully saturated rings. The van der Waals surface area contributed by atoms with Crippen LogP contribution in [-0.4, -0.2) is 16.8 Å². The largest absolute Gasteiger partial charge is 0.397 e. The molecular weight excluding hydrogens is 404 g/mol. The highest BCUT2D eigenvalue weighted by Crippen LogP contribution is 2.40. The van der Waals surface area contributed by atoms with Crippen molar-refractivity contribution in [3.8, 4) is 0 Å². The summed E-state index contributed by atoms with van der Waals surface area (Å²) in [4.78, 5) is 32.1. The van der Waals surface area contributed by atoms with Gasteiger partial charge in [0.25, 0.3) is 11.8 Å². The van der Waals surface area contributed by atoms with E-state index in [-0.39, 0.29) is 5.91 Å². The number of thiophene rings is 2. The quantitative estimate of drug-likeness (QED) is 0.560. The predicted octanol–water partition coefficient (Wildman–Crippen LogP) is 4.37. The molecule has 0 spiro atoms. The molecular formula is C21H24N4O2S2. The zero-order valence-corrected chi connectivity index (χ0v) is 18.1. The van der Waals surface area contributed by atoms with Crippen LogP contribution in [0.3, 0.4) is 0 Å². The Hall–Kier alpha value is -2.45. The Kier molecular flexibility index (Phi) is 5.31. The van der Waals surface area contributed by atoms with Crippen molar-refractivity contribution in [2.24, 2.45) is 11.7 Å². The third kappa shape index (κ3) is 3.62. The maximum absolute atomic E-state index is 13.0. The van der Waals surface area contributed by atoms with E-state index in [0.29, 0.717) is 27.0 Å². The van der Waals surface area contributed by atoms with Gasteiger partial charge >= 0.3 is 0 Å². The van der Waals surface area contributed by atoms with Gasteiger partial charge < -0.3 is 16.8 Å². The number of carbonyl (C=O) groups is 2. The number of anilines is 2. The summed E-state index contributed by atoms with van der Waals surface area (Å²) in [5, 5.41) is 4.22. The number of aromatic nitrogens is 1. The smallest absolute Gasteiger partial charge is 0.268 e. The lowest BCUT2D eigenvalue weighted by Crippen LogP contribution is -2.19. The zero-order chi connectivity index (χ0) is 20.7. The molecule has 0 saturated heterocycles. The second-order valence-corrected chi connectivity index (χ2v) is 9.73. The van der Waals surface area contributed by atoms with Crippen LogP contribution in [0.5, 0.6) is 0 Å². The van der Waals surface area contributed by atoms with Gasteiger partial charge in [-0.25, -0.2) is 4.98 Å². The molecule has 1 atom stereocenters. The minimum atomic E-state index is -0.498. The minimum Gasteiger partial charge on any atom is -0.397 e. The van der Waals surface area contributed by atoms with E-state index in [4.69, 9.17) is 11.5 Å². The lowest BCUT2D eigenvalue weighted by molar-refractivity contribution is 0.1000. The molecule has 3 heterocycles. The standard InChI is InChI=1S/C21H24N4O2S2/c1-3-4-11-6-8-13-16(22)17(29-20(13)24-11)19(27)25-21-15(18(23)26)12-7-5-10(2)9-14(12)28-21/h6,8,10H,3-5,7,9,22H2,1-2H3,(H2,23,26)(H,25,27). The minimum absolute atomic E-state index is 0.323. The molecule has 6 nitrogen and oxygen atoms in total. The number of aryl methyl sites for hydroxylation is 1. The molecule has 2 amide bonds. The van der Waals surface area contributed by atoms with Crippen molar-refractivity contribution in [1.29, 1.82) is 0 Å². The van der Waals surface area contributed by atoms with Crippen molar-refractivity contribution >= 4 is 55.4 Å². The van der Waals surface area contributed by atoms with Gasteiger partial charge in [-0.15, -0.1) is 22.7 Å². The molecule has 1 aliphatic rings. The lowest BCUT2D eigenvalue weighted by Gasteiger charge is -2.18. The highest BCUT2D eigenvalue weighted by atomic mass is 32.1. The van der Waals surface area contributed by atoms with Crippen LogP contribution < -0.4 is 16.8 Å². The zero-order valence-electron chi connectivity index (χ0n) is 16.5. The average molecular weight is 429 g/mol. The fourth-order valence-corrected chi connectivity index (χ4v) is 6.28. The second kappa shape index (κ2) is 7.76. The summed E-state index contributed by atoms with van der Waals surface area (Å²) in [6, 6.07) is 3.88. The SMILES string of the molecule is CCCc1ccc2c(N)c(C(=O)Nc3sc4c(c3C(N)=O)CCC(C)C4)sc2n1. The summed E-state index contributed by atoms with van der Waals surface area (Å²) in [7, 11) is 0. The van der Waals surface area contributed by atoms with Crippen LogP contribution in [0, 0.1) is 5.92 Å². The number of nitrogens with two attached hydrogens (primary N) is 2. The topological polar surface area (TPSA) is 111 Å². The monoisotopic (exact) mass is 428 g/mol. The molecule has 29 heavy (non-hydrogen) atoms. The number of nitrogens with zero attached hydrogens (tertiary/aromatic N) is 1. The van der Waals surface area contributed by atoms with Crippen LogP contribution in [0.25, 0.3) is 10.2 Å². The fraction of sp³-hybridized carbons (Fsp3) is 0.381. The van der Waals surface area contributed by atoms with E-state index in [1.54, 1.807) is 0 Å². The van der Waals surface area contributed by atoms with Gasteiger partial charge in [-0.05, 0) is 49.3 Å². The Labute approximate surface area is 177 Å². The second-order valence-electron chi connectivity index (χ2n) is 7.62. The molecule has 5 N–H and O–H groups in total. The third-order valence-electron chi connectivity index (χ3n) is 5.35. The van der Waals surface area contributed by atoms with Crippen LogP contribution >= 0.6 is 22.7 Å². The first kappa shape index (κ1) is 19.8. The predicted molar refractivity (Wildman–Crippen MR) is 120 cm³/mol. The third-order valence-corrected chi connectivity index (χ3v) is 7.63. The summed E-state index contributed by atoms with van der Waals surface area (Å²) >= 11 is 2.74. The number of carbonyl (C=O) groups excluding carboxylic acids is 2. The number of primary amides is 1. The number of hydrogen-bond donors (Lipinski definition) is 3. The molecule has 152 valence electrons. The molecule has 0 bridgehead atoms. The molecule has 3 aromatic rings. The van der Waals surface area contributed by atoms with Crippen LogP contribution in [0.15, 0.2) is 12.1 Å². The Morgan fingerprint density at radius 2 is 2.10 bits per heavy atom. The Morgan fingerprint density at radius 3 is 2.83 bits per heavy atom. The van der Waals surface area contributed by atoms with Gasteiger partial charge in [0.15, 0.2) is 0 Å². The molecule has 1 unspecified atom stereocenters. The first-order chi connectivity index (χ1) is 13.9. The Morgan fingerprint density at radius 1 is 1.31 bits per heavy atom. The van der Waals surface area contributed by atoms with Gasteiger partial charge in [0, 0.05) is 16.0 Å². The molecule has 8 heteroatoms. The maximum Gasteiger partial charge on any atom is 0.268 e. The molecule has 0 aliphatic heterocycles. The Bertz CT molecular complexity index is 1120. The lowest BCUT2D eigenvalue weighted by atomic mass is 9.88. The number of fused-ring (bicyclic) bond motifs is 2. The van der Waals surface area contributed by atoms with Gasteiger partial charge in [-0.3, -0.25) is 9.59 Å². The van der Waals surface area contributed by atoms with E-state index < -0.39 is 5.91 Å². The molecule has 0 saturated carbocycles. The maximum atomic E-state index is 13.0. The highest BCUT2D eigenvalue weighted by molar-refractivity contribution is 7.21. The first-order valence-electron chi connectivity index (χ1n) is 9.82. The van der Waals surface area contributed by atoms with E-state index in [1.807, 2.05) is 12.1 Å². The van der Waals surface area contributed by atoms with E-state index in [1.165, 1.54) is 22.7 Å². The van der Waals surface area contributed by atoms with Crippen molar-refractivity contribution in [2.75, 3.05) is 11.1 Å². The average Bonchev–Trinajstić information content (AvgIpc) is 3.18. The molecule has 4 rings (SSSR count). The van der Waals surface area contributed by atoms with E-state index in [2.05, 4.69) is 24.1 Å². The molecule has 1 aliphatic carbocycles. The summed E-state index contributed by atoms with van der Waals surface area (Å²) in [6.07, 6.45) is 4.63. The first-order valence-corrected chi connectivity index (χ1v) is 11.5. The number of hydrogen-bond acceptors (Lipinski definition) is 6. The number of nitrogen functional groups attached to an aromatic ring is 1. The molecule has 0 radical (unpaired) electrons. The summed E-state index contributed by atoms with van der Waals surface area (Å²) in [5.74, 6) is -0.258. The molecule has 0 aromatic carbocycles. The summed E-state index contributed by atoms with van der Waals surface area (Å²) in [5.41, 5.74) is 14.8. The van der Waals surface area contributed by atoms with Gasteiger partial charge in [-0.1, -0.05) is 20.3 Å². The van der Waals surface area contributed by atoms with Gasteiger partial charge in [0.2, 0.25) is 0 Å². The van der Waals surface area contributed by atoms with E-state index in [9.17, 15) is 9.59 Å². The highest BCUT2D eigenvalue weighted by Gasteiger charge is 2.28. The molecule has 3 aromatic heterocycles. The van der Waals surface area contributed by atoms with E-state index >= 15 is 0 Å². The number of pyridine rings is 1. The fourth-order valence-electron chi connectivity index (χ4n) is 3.86. The Balaban J connectivity index is 1.68. The van der Waals surface area contributed by atoms with Crippen LogP contribution in [-0.2, 0) is 19.3 Å². The van der Waals surface area contributed by atoms with Crippen molar-refractivity contribution in [3.05, 3.63) is 38.7 Å². The number of rotatable bonds is 5. The summed E-state index contributed by atoms with van der Waals surface area (Å²) in [6.45, 7) is 4.30. The van der Waals surface area contributed by atoms with Crippen molar-refractivity contribution in [3.63, 3.8) is 0 Å². The van der Waals surface area contributed by atoms with Crippen LogP contribution in [0.2, 0.25) is 0 Å². The van der Waals surface area contributed by atoms with E-state index in [0.717, 1.165) is 58.5 Å². The number of nitrogens with one attached hydrogen (secondary N) is 1. The van der Waals surface area contributed by atoms with Crippen LogP contribution in [0.4, 0.5) is 10.7 Å². The normalized spacial score (nSPS) is 16.0. The van der Waals surface area contributed by atoms with Gasteiger partial charge in [0.1, 0.15) is 14.7 Å². The van der Waals surface area contributed by atoms with Crippen molar-refractivity contribution in [1.82, 2.24) is 4.98 Å². The van der Waals surface area contributed by atoms with Gasteiger partial charge in [-0.2, -0.15) is 0 Å². The van der Waals surface area contributed by atoms with Crippen LogP contribution in [0.1, 0.15) is 62.9 Å². The number of amides is 2. The van der Waals surface area contributed by atoms with Gasteiger partial charge in [0.05, 0.1) is 11.3 Å². The van der Waals surface area contributed by atoms with Crippen molar-refractivity contribution in [2.45, 2.75) is 46.0 Å². The summed E-state index contributed by atoms with van der Waals surface area (Å²) < 4.78 is 0. The van der Waals surface area contributed by atoms with Crippen molar-refractivity contribution < 1.29 is 9.59 Å².